The maximum absolute atomic E-state index is 12.2. The molecule has 0 radical (unpaired) electrons. The number of carbonyl (C=O) groups excluding carboxylic acids is 1. The van der Waals surface area contributed by atoms with Crippen LogP contribution >= 0.6 is 0 Å². The van der Waals surface area contributed by atoms with Crippen molar-refractivity contribution in [3.63, 3.8) is 0 Å². The fourth-order valence-electron chi connectivity index (χ4n) is 3.96. The molecule has 2 atom stereocenters. The maximum Gasteiger partial charge on any atom is 0.220 e. The average Bonchev–Trinajstić information content (AvgIpc) is 2.84. The molecule has 34 heavy (non-hydrogen) atoms. The van der Waals surface area contributed by atoms with Crippen molar-refractivity contribution < 1.29 is 15.0 Å². The van der Waals surface area contributed by atoms with Gasteiger partial charge in [0.1, 0.15) is 0 Å². The molecule has 4 nitrogen and oxygen atoms in total. The van der Waals surface area contributed by atoms with Crippen LogP contribution in [-0.2, 0) is 4.79 Å². The van der Waals surface area contributed by atoms with E-state index < -0.39 is 12.1 Å². The van der Waals surface area contributed by atoms with Gasteiger partial charge in [0, 0.05) is 6.42 Å². The Morgan fingerprint density at radius 1 is 0.735 bits per heavy atom. The first-order chi connectivity index (χ1) is 16.7. The van der Waals surface area contributed by atoms with Gasteiger partial charge in [-0.2, -0.15) is 0 Å². The standard InChI is InChI=1S/C30H55NO3/c1-3-5-7-9-11-13-14-15-16-18-20-22-24-26-30(34)31-28(27-32)29(33)25-23-21-19-17-12-10-8-6-4-2/h5,7,11,13,15-16,28-29,32-33H,3-4,6,8-10,12,14,17-27H2,1-2H3,(H,31,34)/b7-5-,13-11-,16-15-. The van der Waals surface area contributed by atoms with E-state index in [0.717, 1.165) is 57.8 Å². The topological polar surface area (TPSA) is 69.6 Å². The summed E-state index contributed by atoms with van der Waals surface area (Å²) in [6.07, 6.45) is 31.8. The SMILES string of the molecule is CC/C=C\C/C=C\C/C=C\CCCCCC(=O)NC(CO)C(O)CCCCCCCCCCC. The third-order valence-corrected chi connectivity index (χ3v) is 6.17. The van der Waals surface area contributed by atoms with Crippen LogP contribution in [0.2, 0.25) is 0 Å². The minimum atomic E-state index is -0.666. The van der Waals surface area contributed by atoms with Crippen molar-refractivity contribution >= 4 is 5.91 Å². The van der Waals surface area contributed by atoms with Gasteiger partial charge in [-0.3, -0.25) is 4.79 Å². The zero-order chi connectivity index (χ0) is 25.1. The monoisotopic (exact) mass is 477 g/mol. The van der Waals surface area contributed by atoms with E-state index in [-0.39, 0.29) is 12.5 Å². The van der Waals surface area contributed by atoms with Gasteiger partial charge < -0.3 is 15.5 Å². The van der Waals surface area contributed by atoms with Gasteiger partial charge in [0.05, 0.1) is 18.8 Å². The van der Waals surface area contributed by atoms with Crippen LogP contribution in [0.5, 0.6) is 0 Å². The molecule has 3 N–H and O–H groups in total. The highest BCUT2D eigenvalue weighted by molar-refractivity contribution is 5.76. The second-order valence-corrected chi connectivity index (χ2v) is 9.43. The van der Waals surface area contributed by atoms with Crippen molar-refractivity contribution in [3.8, 4) is 0 Å². The van der Waals surface area contributed by atoms with Crippen LogP contribution in [0.3, 0.4) is 0 Å². The van der Waals surface area contributed by atoms with Crippen molar-refractivity contribution in [1.82, 2.24) is 5.32 Å². The van der Waals surface area contributed by atoms with E-state index in [1.54, 1.807) is 0 Å². The average molecular weight is 478 g/mol. The summed E-state index contributed by atoms with van der Waals surface area (Å²) in [6, 6.07) is -0.546. The number of allylic oxidation sites excluding steroid dienone is 6. The summed E-state index contributed by atoms with van der Waals surface area (Å²) in [5, 5.41) is 22.8. The molecule has 198 valence electrons. The lowest BCUT2D eigenvalue weighted by atomic mass is 10.0. The summed E-state index contributed by atoms with van der Waals surface area (Å²) in [6.45, 7) is 4.17. The Morgan fingerprint density at radius 3 is 1.91 bits per heavy atom. The second-order valence-electron chi connectivity index (χ2n) is 9.43. The summed E-state index contributed by atoms with van der Waals surface area (Å²) in [5.41, 5.74) is 0. The summed E-state index contributed by atoms with van der Waals surface area (Å²) in [4.78, 5) is 12.2. The maximum atomic E-state index is 12.2. The van der Waals surface area contributed by atoms with Crippen LogP contribution in [0.4, 0.5) is 0 Å². The van der Waals surface area contributed by atoms with Crippen LogP contribution in [-0.4, -0.2) is 34.9 Å². The van der Waals surface area contributed by atoms with Crippen LogP contribution in [0.15, 0.2) is 36.5 Å². The predicted molar refractivity (Wildman–Crippen MR) is 147 cm³/mol. The van der Waals surface area contributed by atoms with E-state index in [1.165, 1.54) is 44.9 Å². The number of aliphatic hydroxyl groups is 2. The quantitative estimate of drug-likeness (QED) is 0.0992. The summed E-state index contributed by atoms with van der Waals surface area (Å²) in [7, 11) is 0. The van der Waals surface area contributed by atoms with Crippen LogP contribution in [0.1, 0.15) is 129 Å². The van der Waals surface area contributed by atoms with Crippen LogP contribution in [0, 0.1) is 0 Å². The second kappa shape index (κ2) is 26.2. The molecule has 0 aromatic rings. The largest absolute Gasteiger partial charge is 0.394 e. The first-order valence-corrected chi connectivity index (χ1v) is 14.2. The van der Waals surface area contributed by atoms with Gasteiger partial charge >= 0.3 is 0 Å². The van der Waals surface area contributed by atoms with Gasteiger partial charge in [0.15, 0.2) is 0 Å². The van der Waals surface area contributed by atoms with Crippen molar-refractivity contribution in [3.05, 3.63) is 36.5 Å². The molecule has 0 saturated carbocycles. The summed E-state index contributed by atoms with van der Waals surface area (Å²) < 4.78 is 0. The molecule has 0 aromatic heterocycles. The Kier molecular flexibility index (Phi) is 25.1. The Morgan fingerprint density at radius 2 is 1.29 bits per heavy atom. The lowest BCUT2D eigenvalue weighted by Crippen LogP contribution is -2.45. The molecule has 0 fully saturated rings. The fraction of sp³-hybridized carbons (Fsp3) is 0.767. The van der Waals surface area contributed by atoms with Crippen molar-refractivity contribution in [1.29, 1.82) is 0 Å². The normalized spacial score (nSPS) is 13.9. The van der Waals surface area contributed by atoms with E-state index in [9.17, 15) is 15.0 Å². The first-order valence-electron chi connectivity index (χ1n) is 14.2. The minimum absolute atomic E-state index is 0.0667. The number of hydrogen-bond donors (Lipinski definition) is 3. The molecule has 0 heterocycles. The van der Waals surface area contributed by atoms with E-state index in [0.29, 0.717) is 12.8 Å². The number of rotatable bonds is 24. The van der Waals surface area contributed by atoms with Crippen molar-refractivity contribution in [2.45, 2.75) is 142 Å². The molecule has 0 saturated heterocycles. The van der Waals surface area contributed by atoms with Gasteiger partial charge in [0.2, 0.25) is 5.91 Å². The molecule has 1 amide bonds. The van der Waals surface area contributed by atoms with E-state index >= 15 is 0 Å². The number of nitrogens with one attached hydrogen (secondary N) is 1. The fourth-order valence-corrected chi connectivity index (χ4v) is 3.96. The number of unbranched alkanes of at least 4 members (excludes halogenated alkanes) is 11. The molecule has 0 aliphatic carbocycles. The predicted octanol–water partition coefficient (Wildman–Crippen LogP) is 7.55. The van der Waals surface area contributed by atoms with Gasteiger partial charge in [-0.15, -0.1) is 0 Å². The number of hydrogen-bond acceptors (Lipinski definition) is 3. The lowest BCUT2D eigenvalue weighted by Gasteiger charge is -2.22. The highest BCUT2D eigenvalue weighted by atomic mass is 16.3. The molecule has 0 aliphatic heterocycles. The molecule has 0 aliphatic rings. The van der Waals surface area contributed by atoms with Crippen LogP contribution in [0.25, 0.3) is 0 Å². The van der Waals surface area contributed by atoms with Gasteiger partial charge in [-0.05, 0) is 44.9 Å². The van der Waals surface area contributed by atoms with E-state index in [4.69, 9.17) is 0 Å². The Balaban J connectivity index is 3.72. The van der Waals surface area contributed by atoms with Crippen molar-refractivity contribution in [2.75, 3.05) is 6.61 Å². The minimum Gasteiger partial charge on any atom is -0.394 e. The molecule has 2 unspecified atom stereocenters. The van der Waals surface area contributed by atoms with Crippen molar-refractivity contribution in [2.24, 2.45) is 0 Å². The molecular weight excluding hydrogens is 422 g/mol. The zero-order valence-corrected chi connectivity index (χ0v) is 22.4. The lowest BCUT2D eigenvalue weighted by molar-refractivity contribution is -0.123. The number of aliphatic hydroxyl groups excluding tert-OH is 2. The molecule has 4 heteroatoms. The summed E-state index contributed by atoms with van der Waals surface area (Å²) >= 11 is 0. The molecule has 0 rings (SSSR count). The van der Waals surface area contributed by atoms with Crippen LogP contribution < -0.4 is 5.32 Å². The number of carbonyl (C=O) groups is 1. The highest BCUT2D eigenvalue weighted by Gasteiger charge is 2.19. The number of amides is 1. The molecule has 0 bridgehead atoms. The Hall–Kier alpha value is -1.39. The highest BCUT2D eigenvalue weighted by Crippen LogP contribution is 2.13. The van der Waals surface area contributed by atoms with Gasteiger partial charge in [0.25, 0.3) is 0 Å². The Labute approximate surface area is 211 Å². The van der Waals surface area contributed by atoms with E-state index in [2.05, 4.69) is 55.6 Å². The Bertz CT molecular complexity index is 527. The third-order valence-electron chi connectivity index (χ3n) is 6.17. The first kappa shape index (κ1) is 32.6. The van der Waals surface area contributed by atoms with Gasteiger partial charge in [-0.1, -0.05) is 115 Å². The molecular formula is C30H55NO3. The van der Waals surface area contributed by atoms with Gasteiger partial charge in [-0.25, -0.2) is 0 Å². The molecule has 0 spiro atoms. The third kappa shape index (κ3) is 22.4. The van der Waals surface area contributed by atoms with E-state index in [1.807, 2.05) is 0 Å². The summed E-state index contributed by atoms with van der Waals surface area (Å²) in [5.74, 6) is -0.0667. The zero-order valence-electron chi connectivity index (χ0n) is 22.4. The molecule has 0 aromatic carbocycles. The smallest absolute Gasteiger partial charge is 0.220 e.